The van der Waals surface area contributed by atoms with E-state index in [2.05, 4.69) is 30.2 Å². The van der Waals surface area contributed by atoms with Crippen LogP contribution < -0.4 is 15.8 Å². The second-order valence-electron chi connectivity index (χ2n) is 6.69. The SMILES string of the molecule is CC1CC(CN=C(N)NC2CCOc3ccccc32)CC(C)O1. The Balaban J connectivity index is 1.58. The van der Waals surface area contributed by atoms with Gasteiger partial charge in [0.2, 0.25) is 0 Å². The Bertz CT molecular complexity index is 551. The summed E-state index contributed by atoms with van der Waals surface area (Å²) < 4.78 is 11.5. The molecule has 0 spiro atoms. The van der Waals surface area contributed by atoms with E-state index >= 15 is 0 Å². The number of aliphatic imine (C=N–C) groups is 1. The minimum atomic E-state index is 0.177. The van der Waals surface area contributed by atoms with Crippen molar-refractivity contribution in [2.75, 3.05) is 13.2 Å². The molecule has 0 aromatic heterocycles. The first-order chi connectivity index (χ1) is 11.1. The summed E-state index contributed by atoms with van der Waals surface area (Å²) in [6.07, 6.45) is 3.65. The molecule has 0 amide bonds. The minimum Gasteiger partial charge on any atom is -0.493 e. The van der Waals surface area contributed by atoms with Gasteiger partial charge in [-0.05, 0) is 38.7 Å². The quantitative estimate of drug-likeness (QED) is 0.664. The van der Waals surface area contributed by atoms with E-state index in [9.17, 15) is 0 Å². The zero-order valence-electron chi connectivity index (χ0n) is 14.0. The maximum absolute atomic E-state index is 6.11. The molecular formula is C18H27N3O2. The highest BCUT2D eigenvalue weighted by Gasteiger charge is 2.25. The van der Waals surface area contributed by atoms with E-state index in [0.29, 0.717) is 30.7 Å². The van der Waals surface area contributed by atoms with E-state index in [1.165, 1.54) is 0 Å². The normalized spacial score (nSPS) is 31.1. The van der Waals surface area contributed by atoms with Crippen LogP contribution in [-0.2, 0) is 4.74 Å². The second kappa shape index (κ2) is 7.21. The fraction of sp³-hybridized carbons (Fsp3) is 0.611. The number of fused-ring (bicyclic) bond motifs is 1. The van der Waals surface area contributed by atoms with Crippen molar-refractivity contribution >= 4 is 5.96 Å². The Hall–Kier alpha value is -1.75. The summed E-state index contributed by atoms with van der Waals surface area (Å²) in [7, 11) is 0. The molecule has 0 saturated carbocycles. The van der Waals surface area contributed by atoms with E-state index < -0.39 is 0 Å². The Morgan fingerprint density at radius 3 is 2.78 bits per heavy atom. The fourth-order valence-electron chi connectivity index (χ4n) is 3.64. The summed E-state index contributed by atoms with van der Waals surface area (Å²) in [6, 6.07) is 8.28. The van der Waals surface area contributed by atoms with Crippen LogP contribution in [-0.4, -0.2) is 31.3 Å². The van der Waals surface area contributed by atoms with Crippen molar-refractivity contribution < 1.29 is 9.47 Å². The van der Waals surface area contributed by atoms with Crippen LogP contribution in [0.15, 0.2) is 29.3 Å². The number of hydrogen-bond acceptors (Lipinski definition) is 3. The van der Waals surface area contributed by atoms with Gasteiger partial charge in [-0.15, -0.1) is 0 Å². The lowest BCUT2D eigenvalue weighted by Gasteiger charge is -2.31. The van der Waals surface area contributed by atoms with Gasteiger partial charge in [0.05, 0.1) is 24.9 Å². The van der Waals surface area contributed by atoms with E-state index in [4.69, 9.17) is 15.2 Å². The predicted molar refractivity (Wildman–Crippen MR) is 91.7 cm³/mol. The average Bonchev–Trinajstić information content (AvgIpc) is 2.52. The Morgan fingerprint density at radius 2 is 2.00 bits per heavy atom. The standard InChI is InChI=1S/C18H27N3O2/c1-12-9-14(10-13(2)23-12)11-20-18(19)21-16-7-8-22-17-6-4-3-5-15(16)17/h3-6,12-14,16H,7-11H2,1-2H3,(H3,19,20,21). The topological polar surface area (TPSA) is 68.9 Å². The molecule has 2 aliphatic heterocycles. The maximum atomic E-state index is 6.11. The van der Waals surface area contributed by atoms with Crippen LogP contribution in [0.25, 0.3) is 0 Å². The smallest absolute Gasteiger partial charge is 0.189 e. The Kier molecular flexibility index (Phi) is 5.06. The highest BCUT2D eigenvalue weighted by Crippen LogP contribution is 2.31. The van der Waals surface area contributed by atoms with E-state index in [-0.39, 0.29) is 6.04 Å². The van der Waals surface area contributed by atoms with Crippen molar-refractivity contribution in [1.82, 2.24) is 5.32 Å². The number of rotatable bonds is 3. The fourth-order valence-corrected chi connectivity index (χ4v) is 3.64. The minimum absolute atomic E-state index is 0.177. The summed E-state index contributed by atoms with van der Waals surface area (Å²) >= 11 is 0. The van der Waals surface area contributed by atoms with Crippen molar-refractivity contribution in [2.24, 2.45) is 16.6 Å². The second-order valence-corrected chi connectivity index (χ2v) is 6.69. The number of guanidine groups is 1. The maximum Gasteiger partial charge on any atom is 0.189 e. The van der Waals surface area contributed by atoms with Crippen LogP contribution in [0.4, 0.5) is 0 Å². The molecule has 3 rings (SSSR count). The molecular weight excluding hydrogens is 290 g/mol. The van der Waals surface area contributed by atoms with Crippen LogP contribution in [0, 0.1) is 5.92 Å². The molecule has 3 N–H and O–H groups in total. The van der Waals surface area contributed by atoms with E-state index in [0.717, 1.165) is 37.1 Å². The summed E-state index contributed by atoms with van der Waals surface area (Å²) in [4.78, 5) is 4.57. The third-order valence-electron chi connectivity index (χ3n) is 4.60. The van der Waals surface area contributed by atoms with Gasteiger partial charge in [-0.1, -0.05) is 18.2 Å². The van der Waals surface area contributed by atoms with Crippen LogP contribution in [0.5, 0.6) is 5.75 Å². The van der Waals surface area contributed by atoms with Crippen molar-refractivity contribution in [3.05, 3.63) is 29.8 Å². The molecule has 23 heavy (non-hydrogen) atoms. The Labute approximate surface area is 138 Å². The third kappa shape index (κ3) is 4.16. The van der Waals surface area contributed by atoms with Crippen molar-refractivity contribution in [2.45, 2.75) is 51.4 Å². The molecule has 1 saturated heterocycles. The van der Waals surface area contributed by atoms with Gasteiger partial charge < -0.3 is 20.5 Å². The average molecular weight is 317 g/mol. The van der Waals surface area contributed by atoms with Crippen LogP contribution in [0.1, 0.15) is 44.7 Å². The summed E-state index contributed by atoms with van der Waals surface area (Å²) in [6.45, 7) is 5.73. The predicted octanol–water partition coefficient (Wildman–Crippen LogP) is 2.62. The van der Waals surface area contributed by atoms with Gasteiger partial charge in [-0.25, -0.2) is 0 Å². The third-order valence-corrected chi connectivity index (χ3v) is 4.60. The molecule has 2 heterocycles. The molecule has 0 radical (unpaired) electrons. The first-order valence-corrected chi connectivity index (χ1v) is 8.55. The highest BCUT2D eigenvalue weighted by atomic mass is 16.5. The molecule has 1 aromatic rings. The molecule has 3 unspecified atom stereocenters. The van der Waals surface area contributed by atoms with Gasteiger partial charge in [0.25, 0.3) is 0 Å². The first kappa shape index (κ1) is 16.1. The van der Waals surface area contributed by atoms with Crippen molar-refractivity contribution in [3.63, 3.8) is 0 Å². The van der Waals surface area contributed by atoms with E-state index in [1.54, 1.807) is 0 Å². The molecule has 2 aliphatic rings. The number of benzene rings is 1. The number of nitrogens with zero attached hydrogens (tertiary/aromatic N) is 1. The van der Waals surface area contributed by atoms with Gasteiger partial charge in [0.15, 0.2) is 5.96 Å². The number of para-hydroxylation sites is 1. The van der Waals surface area contributed by atoms with E-state index in [1.807, 2.05) is 18.2 Å². The number of nitrogens with one attached hydrogen (secondary N) is 1. The molecule has 126 valence electrons. The Morgan fingerprint density at radius 1 is 1.26 bits per heavy atom. The lowest BCUT2D eigenvalue weighted by Crippen LogP contribution is -2.38. The molecule has 5 nitrogen and oxygen atoms in total. The van der Waals surface area contributed by atoms with Crippen LogP contribution >= 0.6 is 0 Å². The van der Waals surface area contributed by atoms with Gasteiger partial charge >= 0.3 is 0 Å². The summed E-state index contributed by atoms with van der Waals surface area (Å²) in [5.41, 5.74) is 7.27. The molecule has 3 atom stereocenters. The van der Waals surface area contributed by atoms with Crippen LogP contribution in [0.3, 0.4) is 0 Å². The van der Waals surface area contributed by atoms with Crippen molar-refractivity contribution in [3.8, 4) is 5.75 Å². The largest absolute Gasteiger partial charge is 0.493 e. The van der Waals surface area contributed by atoms with Crippen molar-refractivity contribution in [1.29, 1.82) is 0 Å². The van der Waals surface area contributed by atoms with Crippen LogP contribution in [0.2, 0.25) is 0 Å². The highest BCUT2D eigenvalue weighted by molar-refractivity contribution is 5.78. The first-order valence-electron chi connectivity index (χ1n) is 8.55. The lowest BCUT2D eigenvalue weighted by molar-refractivity contribution is -0.0501. The monoisotopic (exact) mass is 317 g/mol. The van der Waals surface area contributed by atoms with Gasteiger partial charge in [-0.2, -0.15) is 0 Å². The van der Waals surface area contributed by atoms with Gasteiger partial charge in [-0.3, -0.25) is 4.99 Å². The summed E-state index contributed by atoms with van der Waals surface area (Å²) in [5, 5.41) is 3.35. The zero-order chi connectivity index (χ0) is 16.2. The molecule has 1 fully saturated rings. The number of nitrogens with two attached hydrogens (primary N) is 1. The molecule has 0 aliphatic carbocycles. The molecule has 0 bridgehead atoms. The van der Waals surface area contributed by atoms with Gasteiger partial charge in [0.1, 0.15) is 5.75 Å². The lowest BCUT2D eigenvalue weighted by atomic mass is 9.93. The zero-order valence-corrected chi connectivity index (χ0v) is 14.0. The number of ether oxygens (including phenoxy) is 2. The molecule has 1 aromatic carbocycles. The summed E-state index contributed by atoms with van der Waals surface area (Å²) in [5.74, 6) is 2.02. The number of hydrogen-bond donors (Lipinski definition) is 2. The van der Waals surface area contributed by atoms with Gasteiger partial charge in [0, 0.05) is 18.5 Å². The molecule has 5 heteroatoms.